The van der Waals surface area contributed by atoms with Gasteiger partial charge in [-0.15, -0.1) is 0 Å². The molecule has 0 radical (unpaired) electrons. The fourth-order valence-corrected chi connectivity index (χ4v) is 17.7. The number of aliphatic hydroxyl groups excluding tert-OH is 8. The standard InChI is InChI=1S/C90H174O14/c1-7-11-15-19-23-27-30-32-34-36-37-38-39-40-42-44-46-49-52-56-60-64-68-75(88(99)101-71-79-82(94)84(96)86(98)90(103-79)104-89-85(97)83(95)81(93)78(70-91)102-89)80(92)73(66-62-58-54-26-22-18-14-10-4)76-69-77(76)74(67-63-59-55-51-47-29-25-21-17-13-9-3)87(100-6)72(5)65-61-57-53-50-48-45-43-41-35-33-31-28-24-20-16-12-8-2/h72-87,89-98H,7-71H2,1-6H3/t72-,73?,74?,75+,76-,77+,78?,79?,80+,81?,82?,83?,84?,85?,86?,87+,89?,90?/m0/s1. The normalized spacial score (nSPS) is 24.6. The first-order valence-electron chi connectivity index (χ1n) is 45.8. The van der Waals surface area contributed by atoms with Gasteiger partial charge in [-0.1, -0.05) is 407 Å². The Hall–Kier alpha value is -1.01. The van der Waals surface area contributed by atoms with Crippen LogP contribution < -0.4 is 0 Å². The molecule has 3 aliphatic rings. The zero-order chi connectivity index (χ0) is 75.5. The molecule has 104 heavy (non-hydrogen) atoms. The van der Waals surface area contributed by atoms with Crippen molar-refractivity contribution in [2.45, 2.75) is 513 Å². The predicted octanol–water partition coefficient (Wildman–Crippen LogP) is 21.9. The Bertz CT molecular complexity index is 1880. The van der Waals surface area contributed by atoms with E-state index in [0.717, 1.165) is 70.6 Å². The summed E-state index contributed by atoms with van der Waals surface area (Å²) >= 11 is 0. The minimum Gasteiger partial charge on any atom is -0.463 e. The van der Waals surface area contributed by atoms with Gasteiger partial charge in [0.05, 0.1) is 24.7 Å². The number of unbranched alkanes of at least 4 members (excludes halogenated alkanes) is 54. The molecule has 0 aromatic heterocycles. The number of ether oxygens (including phenoxy) is 5. The number of hydrogen-bond acceptors (Lipinski definition) is 14. The highest BCUT2D eigenvalue weighted by atomic mass is 16.8. The third-order valence-electron chi connectivity index (χ3n) is 24.7. The van der Waals surface area contributed by atoms with E-state index in [2.05, 4.69) is 34.6 Å². The van der Waals surface area contributed by atoms with Crippen LogP contribution in [0.3, 0.4) is 0 Å². The van der Waals surface area contributed by atoms with E-state index in [1.807, 2.05) is 7.11 Å². The van der Waals surface area contributed by atoms with Gasteiger partial charge in [-0.3, -0.25) is 4.79 Å². The van der Waals surface area contributed by atoms with Crippen molar-refractivity contribution in [1.29, 1.82) is 0 Å². The third kappa shape index (κ3) is 43.7. The molecule has 18 atom stereocenters. The molecular weight excluding hydrogens is 1300 g/mol. The molecule has 3 fully saturated rings. The van der Waals surface area contributed by atoms with Crippen LogP contribution in [0.4, 0.5) is 0 Å². The maximum Gasteiger partial charge on any atom is 0.311 e. The maximum atomic E-state index is 15.0. The van der Waals surface area contributed by atoms with Crippen LogP contribution in [0.15, 0.2) is 0 Å². The molecule has 3 rings (SSSR count). The van der Waals surface area contributed by atoms with E-state index in [4.69, 9.17) is 23.7 Å². The zero-order valence-corrected chi connectivity index (χ0v) is 68.9. The Morgan fingerprint density at radius 3 is 0.942 bits per heavy atom. The summed E-state index contributed by atoms with van der Waals surface area (Å²) in [5.41, 5.74) is 0. The van der Waals surface area contributed by atoms with Gasteiger partial charge in [0.15, 0.2) is 12.6 Å². The molecule has 0 bridgehead atoms. The quantitative estimate of drug-likeness (QED) is 0.0210. The molecule has 1 saturated carbocycles. The first-order chi connectivity index (χ1) is 50.8. The maximum absolute atomic E-state index is 15.0. The molecule has 0 spiro atoms. The zero-order valence-electron chi connectivity index (χ0n) is 68.9. The van der Waals surface area contributed by atoms with E-state index in [1.54, 1.807) is 0 Å². The van der Waals surface area contributed by atoms with Crippen LogP contribution in [0.25, 0.3) is 0 Å². The van der Waals surface area contributed by atoms with E-state index in [-0.39, 0.29) is 17.9 Å². The van der Waals surface area contributed by atoms with Gasteiger partial charge in [-0.05, 0) is 61.7 Å². The fraction of sp³-hybridized carbons (Fsp3) is 0.989. The highest BCUT2D eigenvalue weighted by Crippen LogP contribution is 2.56. The van der Waals surface area contributed by atoms with E-state index in [9.17, 15) is 40.9 Å². The Labute approximate surface area is 640 Å². The van der Waals surface area contributed by atoms with Gasteiger partial charge < -0.3 is 64.5 Å². The summed E-state index contributed by atoms with van der Waals surface area (Å²) in [7, 11) is 1.94. The molecule has 1 aliphatic carbocycles. The fourth-order valence-electron chi connectivity index (χ4n) is 17.7. The Morgan fingerprint density at radius 1 is 0.356 bits per heavy atom. The minimum absolute atomic E-state index is 0.115. The smallest absolute Gasteiger partial charge is 0.311 e. The molecule has 2 heterocycles. The van der Waals surface area contributed by atoms with Gasteiger partial charge >= 0.3 is 5.97 Å². The van der Waals surface area contributed by atoms with Crippen LogP contribution in [-0.4, -0.2) is 141 Å². The lowest BCUT2D eigenvalue weighted by atomic mass is 9.77. The second-order valence-corrected chi connectivity index (χ2v) is 33.9. The minimum atomic E-state index is -1.85. The van der Waals surface area contributed by atoms with Crippen molar-refractivity contribution < 1.29 is 69.3 Å². The van der Waals surface area contributed by atoms with Crippen molar-refractivity contribution in [2.24, 2.45) is 35.5 Å². The first-order valence-corrected chi connectivity index (χ1v) is 45.8. The summed E-state index contributed by atoms with van der Waals surface area (Å²) in [6.07, 6.45) is 62.1. The van der Waals surface area contributed by atoms with Crippen molar-refractivity contribution in [3.8, 4) is 0 Å². The van der Waals surface area contributed by atoms with Crippen LogP contribution in [0.1, 0.15) is 439 Å². The number of aliphatic hydroxyl groups is 8. The summed E-state index contributed by atoms with van der Waals surface area (Å²) in [6, 6.07) is 0. The van der Waals surface area contributed by atoms with Crippen molar-refractivity contribution in [3.63, 3.8) is 0 Å². The molecule has 0 aromatic rings. The molecule has 2 saturated heterocycles. The third-order valence-corrected chi connectivity index (χ3v) is 24.7. The summed E-state index contributed by atoms with van der Waals surface area (Å²) in [6.45, 7) is 10.3. The van der Waals surface area contributed by atoms with Gasteiger partial charge in [-0.25, -0.2) is 0 Å². The van der Waals surface area contributed by atoms with Crippen molar-refractivity contribution in [1.82, 2.24) is 0 Å². The molecule has 14 heteroatoms. The topological polar surface area (TPSA) is 225 Å². The molecule has 8 N–H and O–H groups in total. The van der Waals surface area contributed by atoms with Gasteiger partial charge in [0.2, 0.25) is 0 Å². The number of rotatable bonds is 75. The molecule has 0 amide bonds. The highest BCUT2D eigenvalue weighted by Gasteiger charge is 2.54. The van der Waals surface area contributed by atoms with Crippen molar-refractivity contribution >= 4 is 5.97 Å². The first kappa shape index (κ1) is 97.2. The summed E-state index contributed by atoms with van der Waals surface area (Å²) < 4.78 is 30.1. The van der Waals surface area contributed by atoms with Crippen LogP contribution in [0.5, 0.6) is 0 Å². The van der Waals surface area contributed by atoms with Gasteiger partial charge in [0, 0.05) is 7.11 Å². The van der Waals surface area contributed by atoms with E-state index < -0.39 is 92.6 Å². The lowest BCUT2D eigenvalue weighted by Gasteiger charge is -2.44. The van der Waals surface area contributed by atoms with E-state index in [1.165, 1.54) is 327 Å². The summed E-state index contributed by atoms with van der Waals surface area (Å²) in [5, 5.41) is 88.3. The molecule has 14 nitrogen and oxygen atoms in total. The van der Waals surface area contributed by atoms with E-state index >= 15 is 4.79 Å². The summed E-state index contributed by atoms with van der Waals surface area (Å²) in [5.74, 6) is -0.191. The molecule has 0 aromatic carbocycles. The lowest BCUT2D eigenvalue weighted by Crippen LogP contribution is -2.63. The number of carbonyl (C=O) groups excluding carboxylic acids is 1. The second-order valence-electron chi connectivity index (χ2n) is 33.9. The summed E-state index contributed by atoms with van der Waals surface area (Å²) in [4.78, 5) is 15.0. The van der Waals surface area contributed by atoms with Crippen LogP contribution in [-0.2, 0) is 28.5 Å². The highest BCUT2D eigenvalue weighted by molar-refractivity contribution is 5.73. The Balaban J connectivity index is 1.77. The van der Waals surface area contributed by atoms with E-state index in [0.29, 0.717) is 24.2 Å². The Morgan fingerprint density at radius 2 is 0.625 bits per heavy atom. The SMILES string of the molecule is CCCCCCCCCCCCCCCCCCCCCCCC[C@@H](C(=O)OCC1OC(OC2OC(CO)C(O)C(O)C2O)C(O)C(O)C1O)[C@H](O)C(CCCCCCCCCC)[C@@H]1C[C@@H]1C(CCCCCCCCCCCCC)[C@H](OC)[C@@H](C)CCCCCCCCCCCCCCCCCCC. The second kappa shape index (κ2) is 65.5. The van der Waals surface area contributed by atoms with Gasteiger partial charge in [0.1, 0.15) is 55.4 Å². The number of hydrogen-bond donors (Lipinski definition) is 8. The van der Waals surface area contributed by atoms with Gasteiger partial charge in [-0.2, -0.15) is 0 Å². The average Bonchev–Trinajstić information content (AvgIpc) is 1.59. The molecule has 12 unspecified atom stereocenters. The Kier molecular flexibility index (Phi) is 61.2. The molecular formula is C90H174O14. The van der Waals surface area contributed by atoms with Crippen molar-refractivity contribution in [3.05, 3.63) is 0 Å². The molecule has 618 valence electrons. The van der Waals surface area contributed by atoms with Crippen LogP contribution in [0.2, 0.25) is 0 Å². The largest absolute Gasteiger partial charge is 0.463 e. The molecule has 2 aliphatic heterocycles. The average molecular weight is 1480 g/mol. The van der Waals surface area contributed by atoms with Crippen molar-refractivity contribution in [2.75, 3.05) is 20.3 Å². The lowest BCUT2D eigenvalue weighted by molar-refractivity contribution is -0.376. The van der Waals surface area contributed by atoms with Crippen LogP contribution >= 0.6 is 0 Å². The predicted molar refractivity (Wildman–Crippen MR) is 429 cm³/mol. The monoisotopic (exact) mass is 1480 g/mol. The van der Waals surface area contributed by atoms with Gasteiger partial charge in [0.25, 0.3) is 0 Å². The number of methoxy groups -OCH3 is 1. The van der Waals surface area contributed by atoms with Crippen LogP contribution in [0, 0.1) is 35.5 Å². The number of carbonyl (C=O) groups is 1. The number of esters is 1.